The molecule has 0 spiro atoms. The van der Waals surface area contributed by atoms with Crippen molar-refractivity contribution in [2.75, 3.05) is 26.0 Å². The van der Waals surface area contributed by atoms with Crippen LogP contribution in [0.15, 0.2) is 17.5 Å². The molecule has 1 aliphatic heterocycles. The highest BCUT2D eigenvalue weighted by molar-refractivity contribution is 8.00. The average Bonchev–Trinajstić information content (AvgIpc) is 3.17. The highest BCUT2D eigenvalue weighted by Gasteiger charge is 2.27. The third kappa shape index (κ3) is 3.43. The zero-order chi connectivity index (χ0) is 15.5. The molecule has 0 aromatic carbocycles. The number of hydrogen-bond donors (Lipinski definition) is 1. The van der Waals surface area contributed by atoms with Crippen molar-refractivity contribution in [3.05, 3.63) is 22.3 Å². The van der Waals surface area contributed by atoms with Crippen molar-refractivity contribution in [1.82, 2.24) is 19.7 Å². The summed E-state index contributed by atoms with van der Waals surface area (Å²) in [5, 5.41) is 5.11. The van der Waals surface area contributed by atoms with Gasteiger partial charge in [-0.25, -0.2) is 4.68 Å². The minimum atomic E-state index is -0.165. The van der Waals surface area contributed by atoms with Gasteiger partial charge in [-0.1, -0.05) is 6.07 Å². The molecule has 1 N–H and O–H groups in total. The molecule has 3 heterocycles. The van der Waals surface area contributed by atoms with Crippen molar-refractivity contribution in [3.8, 4) is 10.7 Å². The molecule has 1 aliphatic rings. The number of aromatic amines is 1. The summed E-state index contributed by atoms with van der Waals surface area (Å²) in [6, 6.07) is 3.99. The summed E-state index contributed by atoms with van der Waals surface area (Å²) >= 11 is 8.58. The molecule has 2 aromatic rings. The summed E-state index contributed by atoms with van der Waals surface area (Å²) in [6.45, 7) is 2.17. The van der Waals surface area contributed by atoms with E-state index < -0.39 is 0 Å². The van der Waals surface area contributed by atoms with Crippen LogP contribution in [-0.2, 0) is 16.2 Å². The van der Waals surface area contributed by atoms with Gasteiger partial charge in [-0.3, -0.25) is 14.8 Å². The number of carbonyl (C=O) groups excluding carboxylic acids is 1. The second-order valence-corrected chi connectivity index (χ2v) is 7.48. The molecule has 9 heteroatoms. The summed E-state index contributed by atoms with van der Waals surface area (Å²) in [5.41, 5.74) is 0. The van der Waals surface area contributed by atoms with E-state index in [-0.39, 0.29) is 11.2 Å². The molecule has 2 aromatic heterocycles. The largest absolute Gasteiger partial charge is 0.468 e. The molecule has 0 bridgehead atoms. The van der Waals surface area contributed by atoms with Gasteiger partial charge in [0.05, 0.1) is 18.7 Å². The van der Waals surface area contributed by atoms with E-state index in [2.05, 4.69) is 15.0 Å². The number of esters is 1. The van der Waals surface area contributed by atoms with E-state index in [0.717, 1.165) is 23.0 Å². The van der Waals surface area contributed by atoms with Crippen LogP contribution in [0.25, 0.3) is 10.7 Å². The van der Waals surface area contributed by atoms with E-state index >= 15 is 0 Å². The maximum Gasteiger partial charge on any atom is 0.320 e. The first-order valence-electron chi connectivity index (χ1n) is 6.80. The molecular formula is C13H16N4O2S3. The van der Waals surface area contributed by atoms with Crippen LogP contribution in [-0.4, -0.2) is 56.8 Å². The fourth-order valence-electron chi connectivity index (χ4n) is 2.28. The Kier molecular flexibility index (Phi) is 4.97. The molecule has 0 radical (unpaired) electrons. The Balaban J connectivity index is 1.71. The Morgan fingerprint density at radius 1 is 1.64 bits per heavy atom. The second-order valence-electron chi connectivity index (χ2n) is 4.86. The molecule has 1 saturated heterocycles. The predicted molar refractivity (Wildman–Crippen MR) is 90.6 cm³/mol. The quantitative estimate of drug-likeness (QED) is 0.669. The fraction of sp³-hybridized carbons (Fsp3) is 0.462. The van der Waals surface area contributed by atoms with Crippen LogP contribution >= 0.6 is 35.3 Å². The van der Waals surface area contributed by atoms with Gasteiger partial charge in [0.15, 0.2) is 5.82 Å². The molecule has 0 unspecified atom stereocenters. The highest BCUT2D eigenvalue weighted by Crippen LogP contribution is 2.22. The molecule has 1 fully saturated rings. The molecule has 118 valence electrons. The zero-order valence-electron chi connectivity index (χ0n) is 12.0. The van der Waals surface area contributed by atoms with Gasteiger partial charge in [-0.2, -0.15) is 4.98 Å². The lowest BCUT2D eigenvalue weighted by Gasteiger charge is -2.30. The van der Waals surface area contributed by atoms with Crippen molar-refractivity contribution in [1.29, 1.82) is 0 Å². The smallest absolute Gasteiger partial charge is 0.320 e. The van der Waals surface area contributed by atoms with Gasteiger partial charge in [0.1, 0.15) is 5.25 Å². The Bertz CT molecular complexity index is 694. The monoisotopic (exact) mass is 356 g/mol. The summed E-state index contributed by atoms with van der Waals surface area (Å²) in [4.78, 5) is 19.3. The second kappa shape index (κ2) is 6.95. The number of nitrogens with zero attached hydrogens (tertiary/aromatic N) is 3. The van der Waals surface area contributed by atoms with Crippen molar-refractivity contribution in [2.24, 2.45) is 0 Å². The standard InChI is InChI=1S/C13H16N4O2S3/c1-19-12(18)10-7-16(4-6-22-10)8-17-13(20)14-11(15-17)9-3-2-5-21-9/h2-3,5,10H,4,6-8H2,1H3,(H,14,15,20)/t10-/m0/s1. The van der Waals surface area contributed by atoms with Crippen LogP contribution in [0.5, 0.6) is 0 Å². The van der Waals surface area contributed by atoms with Gasteiger partial charge < -0.3 is 4.74 Å². The zero-order valence-corrected chi connectivity index (χ0v) is 14.5. The number of nitrogens with one attached hydrogen (secondary N) is 1. The van der Waals surface area contributed by atoms with Crippen molar-refractivity contribution < 1.29 is 9.53 Å². The topological polar surface area (TPSA) is 63.1 Å². The van der Waals surface area contributed by atoms with Crippen LogP contribution in [0.4, 0.5) is 0 Å². The lowest BCUT2D eigenvalue weighted by atomic mass is 10.3. The lowest BCUT2D eigenvalue weighted by molar-refractivity contribution is -0.140. The molecule has 0 saturated carbocycles. The minimum Gasteiger partial charge on any atom is -0.468 e. The average molecular weight is 356 g/mol. The minimum absolute atomic E-state index is 0.132. The molecule has 0 amide bonds. The number of hydrogen-bond acceptors (Lipinski definition) is 7. The van der Waals surface area contributed by atoms with Gasteiger partial charge in [0, 0.05) is 18.8 Å². The summed E-state index contributed by atoms with van der Waals surface area (Å²) < 4.78 is 7.20. The van der Waals surface area contributed by atoms with E-state index in [9.17, 15) is 4.79 Å². The van der Waals surface area contributed by atoms with Gasteiger partial charge in [-0.05, 0) is 23.7 Å². The number of H-pyrrole nitrogens is 1. The summed E-state index contributed by atoms with van der Waals surface area (Å²) in [6.07, 6.45) is 0. The molecular weight excluding hydrogens is 340 g/mol. The van der Waals surface area contributed by atoms with Gasteiger partial charge in [0.2, 0.25) is 4.77 Å². The van der Waals surface area contributed by atoms with Crippen LogP contribution in [0, 0.1) is 4.77 Å². The van der Waals surface area contributed by atoms with E-state index in [0.29, 0.717) is 18.0 Å². The normalized spacial score (nSPS) is 19.2. The van der Waals surface area contributed by atoms with Crippen molar-refractivity contribution in [2.45, 2.75) is 11.9 Å². The van der Waals surface area contributed by atoms with Crippen LogP contribution in [0.1, 0.15) is 0 Å². The molecule has 3 rings (SSSR count). The van der Waals surface area contributed by atoms with Gasteiger partial charge in [-0.15, -0.1) is 23.1 Å². The van der Waals surface area contributed by atoms with Crippen LogP contribution < -0.4 is 0 Å². The molecule has 6 nitrogen and oxygen atoms in total. The summed E-state index contributed by atoms with van der Waals surface area (Å²) in [7, 11) is 1.43. The molecule has 1 atom stereocenters. The third-order valence-electron chi connectivity index (χ3n) is 3.39. The Morgan fingerprint density at radius 2 is 2.50 bits per heavy atom. The van der Waals surface area contributed by atoms with Crippen LogP contribution in [0.2, 0.25) is 0 Å². The first-order chi connectivity index (χ1) is 10.7. The summed E-state index contributed by atoms with van der Waals surface area (Å²) in [5.74, 6) is 1.53. The van der Waals surface area contributed by atoms with Crippen LogP contribution in [0.3, 0.4) is 0 Å². The maximum absolute atomic E-state index is 11.7. The maximum atomic E-state index is 11.7. The SMILES string of the molecule is COC(=O)[C@@H]1CN(Cn2[nH]c(-c3cccs3)nc2=S)CCS1. The van der Waals surface area contributed by atoms with E-state index in [4.69, 9.17) is 17.0 Å². The number of aromatic nitrogens is 3. The number of carbonyl (C=O) groups is 1. The molecule has 0 aliphatic carbocycles. The number of methoxy groups -OCH3 is 1. The number of ether oxygens (including phenoxy) is 1. The van der Waals surface area contributed by atoms with Gasteiger partial charge >= 0.3 is 5.97 Å². The molecule has 22 heavy (non-hydrogen) atoms. The fourth-order valence-corrected chi connectivity index (χ4v) is 4.34. The van der Waals surface area contributed by atoms with E-state index in [1.807, 2.05) is 22.2 Å². The number of thiophene rings is 1. The lowest BCUT2D eigenvalue weighted by Crippen LogP contribution is -2.42. The van der Waals surface area contributed by atoms with Crippen molar-refractivity contribution in [3.63, 3.8) is 0 Å². The van der Waals surface area contributed by atoms with Crippen molar-refractivity contribution >= 4 is 41.3 Å². The predicted octanol–water partition coefficient (Wildman–Crippen LogP) is 2.22. The van der Waals surface area contributed by atoms with E-state index in [1.54, 1.807) is 23.1 Å². The van der Waals surface area contributed by atoms with Gasteiger partial charge in [0.25, 0.3) is 0 Å². The Morgan fingerprint density at radius 3 is 3.23 bits per heavy atom. The van der Waals surface area contributed by atoms with E-state index in [1.165, 1.54) is 7.11 Å². The Hall–Kier alpha value is -1.16. The first kappa shape index (κ1) is 15.7. The number of thioether (sulfide) groups is 1. The highest BCUT2D eigenvalue weighted by atomic mass is 32.2. The first-order valence-corrected chi connectivity index (χ1v) is 9.13. The Labute approximate surface area is 141 Å². The third-order valence-corrected chi connectivity index (χ3v) is 5.74. The number of rotatable bonds is 4.